The summed E-state index contributed by atoms with van der Waals surface area (Å²) in [5.41, 5.74) is 5.03. The molecule has 84 valence electrons. The van der Waals surface area contributed by atoms with Gasteiger partial charge in [-0.1, -0.05) is 0 Å². The molecule has 15 heavy (non-hydrogen) atoms. The fraction of sp³-hybridized carbons (Fsp3) is 0.333. The zero-order valence-electron chi connectivity index (χ0n) is 8.06. The van der Waals surface area contributed by atoms with Gasteiger partial charge in [0.25, 0.3) is 0 Å². The minimum absolute atomic E-state index is 0.542. The Morgan fingerprint density at radius 1 is 1.20 bits per heavy atom. The predicted molar refractivity (Wildman–Crippen MR) is 50.7 cm³/mol. The van der Waals surface area contributed by atoms with Crippen molar-refractivity contribution in [2.45, 2.75) is 6.18 Å². The van der Waals surface area contributed by atoms with Gasteiger partial charge in [0.1, 0.15) is 12.3 Å². The number of hydrazine groups is 1. The predicted octanol–water partition coefficient (Wildman–Crippen LogP) is 2.17. The van der Waals surface area contributed by atoms with Crippen LogP contribution in [0, 0.1) is 0 Å². The monoisotopic (exact) mass is 220 g/mol. The fourth-order valence-electron chi connectivity index (χ4n) is 0.921. The van der Waals surface area contributed by atoms with Crippen LogP contribution in [0.2, 0.25) is 0 Å². The zero-order valence-corrected chi connectivity index (χ0v) is 8.06. The van der Waals surface area contributed by atoms with Gasteiger partial charge in [-0.05, 0) is 24.3 Å². The van der Waals surface area contributed by atoms with E-state index in [1.54, 1.807) is 24.3 Å². The normalized spacial score (nSPS) is 11.2. The van der Waals surface area contributed by atoms with E-state index in [2.05, 4.69) is 10.9 Å². The maximum Gasteiger partial charge on any atom is 0.402 e. The van der Waals surface area contributed by atoms with E-state index in [1.807, 2.05) is 0 Å². The lowest BCUT2D eigenvalue weighted by Gasteiger charge is -2.10. The standard InChI is InChI=1S/C9H11F3N2O/c1-15-8-4-2-7(3-5-8)14-13-6-9(10,11)12/h2-5,13-14H,6H2,1H3. The molecule has 6 heteroatoms. The minimum atomic E-state index is -4.22. The summed E-state index contributed by atoms with van der Waals surface area (Å²) in [6.07, 6.45) is -4.22. The van der Waals surface area contributed by atoms with Crippen molar-refractivity contribution in [3.8, 4) is 5.75 Å². The van der Waals surface area contributed by atoms with Crippen molar-refractivity contribution < 1.29 is 17.9 Å². The van der Waals surface area contributed by atoms with Gasteiger partial charge in [0, 0.05) is 5.69 Å². The van der Waals surface area contributed by atoms with E-state index < -0.39 is 12.7 Å². The highest BCUT2D eigenvalue weighted by molar-refractivity contribution is 5.45. The summed E-state index contributed by atoms with van der Waals surface area (Å²) >= 11 is 0. The highest BCUT2D eigenvalue weighted by atomic mass is 19.4. The van der Waals surface area contributed by atoms with Gasteiger partial charge in [-0.3, -0.25) is 0 Å². The zero-order chi connectivity index (χ0) is 11.3. The maximum absolute atomic E-state index is 11.8. The van der Waals surface area contributed by atoms with E-state index in [1.165, 1.54) is 7.11 Å². The van der Waals surface area contributed by atoms with Gasteiger partial charge < -0.3 is 10.2 Å². The Morgan fingerprint density at radius 2 is 1.80 bits per heavy atom. The molecule has 0 aliphatic heterocycles. The molecule has 0 aliphatic carbocycles. The molecule has 0 aliphatic rings. The molecule has 0 aromatic heterocycles. The third kappa shape index (κ3) is 4.55. The Bertz CT molecular complexity index is 297. The van der Waals surface area contributed by atoms with Crippen LogP contribution in [-0.4, -0.2) is 19.8 Å². The number of halogens is 3. The molecule has 0 heterocycles. The molecule has 0 fully saturated rings. The summed E-state index contributed by atoms with van der Waals surface area (Å²) in [6.45, 7) is -1.08. The summed E-state index contributed by atoms with van der Waals surface area (Å²) in [5.74, 6) is 0.649. The molecule has 2 N–H and O–H groups in total. The first kappa shape index (κ1) is 11.6. The SMILES string of the molecule is COc1ccc(NNCC(F)(F)F)cc1. The van der Waals surface area contributed by atoms with Crippen LogP contribution in [0.25, 0.3) is 0 Å². The average molecular weight is 220 g/mol. The number of hydrogen-bond donors (Lipinski definition) is 2. The number of ether oxygens (including phenoxy) is 1. The Kier molecular flexibility index (Phi) is 3.79. The highest BCUT2D eigenvalue weighted by Gasteiger charge is 2.26. The van der Waals surface area contributed by atoms with E-state index in [4.69, 9.17) is 4.74 Å². The number of alkyl halides is 3. The van der Waals surface area contributed by atoms with Crippen LogP contribution in [0.5, 0.6) is 5.75 Å². The van der Waals surface area contributed by atoms with Gasteiger partial charge in [-0.2, -0.15) is 13.2 Å². The molecule has 0 spiro atoms. The van der Waals surface area contributed by atoms with Gasteiger partial charge in [-0.15, -0.1) is 0 Å². The average Bonchev–Trinajstić information content (AvgIpc) is 2.17. The third-order valence-corrected chi connectivity index (χ3v) is 1.61. The summed E-state index contributed by atoms with van der Waals surface area (Å²) in [7, 11) is 1.52. The summed E-state index contributed by atoms with van der Waals surface area (Å²) in [5, 5.41) is 0. The first-order valence-corrected chi connectivity index (χ1v) is 4.21. The minimum Gasteiger partial charge on any atom is -0.497 e. The second-order valence-corrected chi connectivity index (χ2v) is 2.82. The van der Waals surface area contributed by atoms with Crippen molar-refractivity contribution in [2.75, 3.05) is 19.1 Å². The molecule has 0 amide bonds. The van der Waals surface area contributed by atoms with E-state index in [9.17, 15) is 13.2 Å². The third-order valence-electron chi connectivity index (χ3n) is 1.61. The van der Waals surface area contributed by atoms with Crippen molar-refractivity contribution in [1.29, 1.82) is 0 Å². The number of anilines is 1. The van der Waals surface area contributed by atoms with Gasteiger partial charge >= 0.3 is 6.18 Å². The van der Waals surface area contributed by atoms with Crippen molar-refractivity contribution >= 4 is 5.69 Å². The molecule has 0 bridgehead atoms. The van der Waals surface area contributed by atoms with E-state index in [-0.39, 0.29) is 0 Å². The molecule has 1 rings (SSSR count). The lowest BCUT2D eigenvalue weighted by molar-refractivity contribution is -0.123. The quantitative estimate of drug-likeness (QED) is 0.763. The lowest BCUT2D eigenvalue weighted by Crippen LogP contribution is -2.32. The molecule has 3 nitrogen and oxygen atoms in total. The van der Waals surface area contributed by atoms with Gasteiger partial charge in [0.15, 0.2) is 0 Å². The van der Waals surface area contributed by atoms with Crippen LogP contribution in [0.1, 0.15) is 0 Å². The van der Waals surface area contributed by atoms with Crippen LogP contribution in [0.4, 0.5) is 18.9 Å². The Morgan fingerprint density at radius 3 is 2.27 bits per heavy atom. The molecule has 1 aromatic rings. The fourth-order valence-corrected chi connectivity index (χ4v) is 0.921. The van der Waals surface area contributed by atoms with E-state index in [0.29, 0.717) is 11.4 Å². The van der Waals surface area contributed by atoms with Crippen LogP contribution in [0.15, 0.2) is 24.3 Å². The Labute approximate surface area is 85.2 Å². The Balaban J connectivity index is 2.38. The molecule has 0 saturated carbocycles. The van der Waals surface area contributed by atoms with Crippen molar-refractivity contribution in [2.24, 2.45) is 0 Å². The second-order valence-electron chi connectivity index (χ2n) is 2.82. The van der Waals surface area contributed by atoms with Crippen molar-refractivity contribution in [1.82, 2.24) is 5.43 Å². The second kappa shape index (κ2) is 4.88. The van der Waals surface area contributed by atoms with Crippen LogP contribution >= 0.6 is 0 Å². The number of methoxy groups -OCH3 is 1. The number of benzene rings is 1. The first-order chi connectivity index (χ1) is 7.01. The van der Waals surface area contributed by atoms with Crippen LogP contribution < -0.4 is 15.6 Å². The number of hydrogen-bond acceptors (Lipinski definition) is 3. The molecule has 0 unspecified atom stereocenters. The molecule has 0 radical (unpaired) electrons. The molecular formula is C9H11F3N2O. The maximum atomic E-state index is 11.8. The van der Waals surface area contributed by atoms with Gasteiger partial charge in [0.2, 0.25) is 0 Å². The molecule has 0 atom stereocenters. The summed E-state index contributed by atoms with van der Waals surface area (Å²) in [4.78, 5) is 0. The molecular weight excluding hydrogens is 209 g/mol. The topological polar surface area (TPSA) is 33.3 Å². The smallest absolute Gasteiger partial charge is 0.402 e. The lowest BCUT2D eigenvalue weighted by atomic mass is 10.3. The van der Waals surface area contributed by atoms with Gasteiger partial charge in [-0.25, -0.2) is 5.43 Å². The van der Waals surface area contributed by atoms with Gasteiger partial charge in [0.05, 0.1) is 7.11 Å². The first-order valence-electron chi connectivity index (χ1n) is 4.21. The highest BCUT2D eigenvalue weighted by Crippen LogP contribution is 2.15. The van der Waals surface area contributed by atoms with Crippen molar-refractivity contribution in [3.63, 3.8) is 0 Å². The summed E-state index contributed by atoms with van der Waals surface area (Å²) in [6, 6.07) is 6.53. The van der Waals surface area contributed by atoms with Crippen LogP contribution in [-0.2, 0) is 0 Å². The molecule has 1 aromatic carbocycles. The largest absolute Gasteiger partial charge is 0.497 e. The number of rotatable bonds is 4. The molecule has 0 saturated heterocycles. The number of nitrogens with one attached hydrogen (secondary N) is 2. The van der Waals surface area contributed by atoms with Crippen LogP contribution in [0.3, 0.4) is 0 Å². The van der Waals surface area contributed by atoms with E-state index >= 15 is 0 Å². The van der Waals surface area contributed by atoms with E-state index in [0.717, 1.165) is 0 Å². The van der Waals surface area contributed by atoms with Crippen molar-refractivity contribution in [3.05, 3.63) is 24.3 Å². The summed E-state index contributed by atoms with van der Waals surface area (Å²) < 4.78 is 40.2. The Hall–Kier alpha value is -1.43.